The predicted octanol–water partition coefficient (Wildman–Crippen LogP) is 2.11. The van der Waals surface area contributed by atoms with Gasteiger partial charge in [-0.05, 0) is 13.0 Å². The second-order valence-corrected chi connectivity index (χ2v) is 3.08. The van der Waals surface area contributed by atoms with Crippen molar-refractivity contribution < 1.29 is 9.21 Å². The highest BCUT2D eigenvalue weighted by Gasteiger charge is 2.10. The molecule has 14 heavy (non-hydrogen) atoms. The summed E-state index contributed by atoms with van der Waals surface area (Å²) in [6, 6.07) is 1.75. The highest BCUT2D eigenvalue weighted by atomic mass is 35.5. The lowest BCUT2D eigenvalue weighted by Crippen LogP contribution is -2.23. The van der Waals surface area contributed by atoms with Gasteiger partial charge in [-0.2, -0.15) is 0 Å². The number of hydrogen-bond donors (Lipinski definition) is 1. The van der Waals surface area contributed by atoms with Crippen LogP contribution in [0.25, 0.3) is 0 Å². The van der Waals surface area contributed by atoms with Crippen molar-refractivity contribution in [3.63, 3.8) is 0 Å². The molecule has 4 heteroatoms. The van der Waals surface area contributed by atoms with Crippen molar-refractivity contribution in [1.29, 1.82) is 0 Å². The maximum atomic E-state index is 11.4. The molecule has 0 unspecified atom stereocenters. The Morgan fingerprint density at radius 2 is 2.43 bits per heavy atom. The van der Waals surface area contributed by atoms with E-state index in [0.717, 1.165) is 5.56 Å². The fraction of sp³-hybridized carbons (Fsp3) is 0.300. The molecule has 0 aliphatic heterocycles. The zero-order chi connectivity index (χ0) is 10.4. The Bertz CT molecular complexity index is 331. The fourth-order valence-corrected chi connectivity index (χ4v) is 1.11. The van der Waals surface area contributed by atoms with E-state index in [-0.39, 0.29) is 5.91 Å². The number of halogens is 1. The minimum atomic E-state index is -0.202. The van der Waals surface area contributed by atoms with Crippen LogP contribution in [0.3, 0.4) is 0 Å². The number of allylic oxidation sites excluding steroid dienone is 1. The maximum absolute atomic E-state index is 11.4. The average molecular weight is 214 g/mol. The molecule has 0 radical (unpaired) electrons. The van der Waals surface area contributed by atoms with Crippen LogP contribution in [-0.2, 0) is 0 Å². The van der Waals surface area contributed by atoms with Gasteiger partial charge in [0.1, 0.15) is 0 Å². The lowest BCUT2D eigenvalue weighted by molar-refractivity contribution is 0.0929. The van der Waals surface area contributed by atoms with Crippen molar-refractivity contribution in [2.24, 2.45) is 0 Å². The zero-order valence-corrected chi connectivity index (χ0v) is 8.67. The van der Waals surface area contributed by atoms with Crippen molar-refractivity contribution in [2.45, 2.75) is 6.92 Å². The van der Waals surface area contributed by atoms with Gasteiger partial charge in [0, 0.05) is 18.0 Å². The van der Waals surface area contributed by atoms with E-state index in [0.29, 0.717) is 18.2 Å². The third-order valence-electron chi connectivity index (χ3n) is 1.70. The monoisotopic (exact) mass is 213 g/mol. The van der Waals surface area contributed by atoms with Gasteiger partial charge in [-0.15, -0.1) is 11.6 Å². The summed E-state index contributed by atoms with van der Waals surface area (Å²) >= 11 is 5.42. The van der Waals surface area contributed by atoms with Crippen molar-refractivity contribution >= 4 is 17.5 Å². The van der Waals surface area contributed by atoms with Gasteiger partial charge in [-0.25, -0.2) is 0 Å². The van der Waals surface area contributed by atoms with Gasteiger partial charge < -0.3 is 9.73 Å². The van der Waals surface area contributed by atoms with Crippen LogP contribution in [-0.4, -0.2) is 18.3 Å². The molecule has 1 amide bonds. The number of hydrogen-bond acceptors (Lipinski definition) is 2. The molecule has 0 atom stereocenters. The second-order valence-electron chi connectivity index (χ2n) is 2.77. The van der Waals surface area contributed by atoms with Crippen LogP contribution < -0.4 is 5.32 Å². The Morgan fingerprint density at radius 1 is 1.64 bits per heavy atom. The molecule has 0 saturated carbocycles. The molecular weight excluding hydrogens is 202 g/mol. The van der Waals surface area contributed by atoms with Gasteiger partial charge in [0.05, 0.1) is 6.26 Å². The highest BCUT2D eigenvalue weighted by Crippen LogP contribution is 2.07. The van der Waals surface area contributed by atoms with Crippen LogP contribution in [0.5, 0.6) is 0 Å². The van der Waals surface area contributed by atoms with E-state index in [9.17, 15) is 4.79 Å². The first-order chi connectivity index (χ1) is 6.75. The summed E-state index contributed by atoms with van der Waals surface area (Å²) in [6.07, 6.45) is 5.07. The minimum Gasteiger partial charge on any atom is -0.459 e. The largest absolute Gasteiger partial charge is 0.459 e. The second kappa shape index (κ2) is 5.50. The molecule has 1 rings (SSSR count). The summed E-state index contributed by atoms with van der Waals surface area (Å²) in [5.74, 6) is 0.617. The highest BCUT2D eigenvalue weighted by molar-refractivity contribution is 6.18. The first kappa shape index (κ1) is 10.9. The predicted molar refractivity (Wildman–Crippen MR) is 55.6 cm³/mol. The Balaban J connectivity index is 2.44. The van der Waals surface area contributed by atoms with Crippen LogP contribution in [0.4, 0.5) is 0 Å². The van der Waals surface area contributed by atoms with Crippen LogP contribution >= 0.6 is 11.6 Å². The molecule has 0 aliphatic carbocycles. The van der Waals surface area contributed by atoms with Gasteiger partial charge in [-0.1, -0.05) is 12.2 Å². The number of alkyl halides is 1. The Kier molecular flexibility index (Phi) is 4.26. The van der Waals surface area contributed by atoms with Gasteiger partial charge in [0.15, 0.2) is 5.76 Å². The van der Waals surface area contributed by atoms with E-state index in [4.69, 9.17) is 16.0 Å². The molecule has 76 valence electrons. The number of rotatable bonds is 4. The van der Waals surface area contributed by atoms with E-state index in [1.807, 2.05) is 6.92 Å². The van der Waals surface area contributed by atoms with E-state index in [1.54, 1.807) is 18.2 Å². The first-order valence-electron chi connectivity index (χ1n) is 4.29. The summed E-state index contributed by atoms with van der Waals surface area (Å²) in [6.45, 7) is 2.29. The summed E-state index contributed by atoms with van der Waals surface area (Å²) in [4.78, 5) is 11.4. The van der Waals surface area contributed by atoms with Gasteiger partial charge in [0.25, 0.3) is 5.91 Å². The number of carbonyl (C=O) groups is 1. The van der Waals surface area contributed by atoms with Gasteiger partial charge in [0.2, 0.25) is 0 Å². The summed E-state index contributed by atoms with van der Waals surface area (Å²) in [5, 5.41) is 2.68. The average Bonchev–Trinajstić information content (AvgIpc) is 2.59. The van der Waals surface area contributed by atoms with Crippen molar-refractivity contribution in [2.75, 3.05) is 12.4 Å². The Labute approximate surface area is 87.7 Å². The number of amides is 1. The first-order valence-corrected chi connectivity index (χ1v) is 4.82. The molecular formula is C10H12ClNO2. The minimum absolute atomic E-state index is 0.202. The normalized spacial score (nSPS) is 10.7. The van der Waals surface area contributed by atoms with E-state index in [2.05, 4.69) is 5.32 Å². The molecule has 0 aromatic carbocycles. The summed E-state index contributed by atoms with van der Waals surface area (Å²) in [7, 11) is 0. The molecule has 1 aromatic rings. The maximum Gasteiger partial charge on any atom is 0.287 e. The molecule has 0 aliphatic rings. The van der Waals surface area contributed by atoms with E-state index < -0.39 is 0 Å². The molecule has 3 nitrogen and oxygen atoms in total. The molecule has 1 heterocycles. The quantitative estimate of drug-likeness (QED) is 0.615. The third kappa shape index (κ3) is 2.92. The topological polar surface area (TPSA) is 42.2 Å². The number of nitrogens with one attached hydrogen (secondary N) is 1. The zero-order valence-electron chi connectivity index (χ0n) is 7.92. The number of aryl methyl sites for hydroxylation is 1. The van der Waals surface area contributed by atoms with Crippen LogP contribution in [0, 0.1) is 6.92 Å². The Hall–Kier alpha value is -1.22. The van der Waals surface area contributed by atoms with Crippen molar-refractivity contribution in [3.05, 3.63) is 35.8 Å². The molecule has 0 fully saturated rings. The standard InChI is InChI=1S/C10H12ClNO2/c1-8-4-7-14-9(8)10(13)12-6-3-2-5-11/h2-4,7H,5-6H2,1H3,(H,12,13)/b3-2+. The summed E-state index contributed by atoms with van der Waals surface area (Å²) < 4.78 is 5.02. The smallest absolute Gasteiger partial charge is 0.287 e. The number of furan rings is 1. The van der Waals surface area contributed by atoms with Crippen molar-refractivity contribution in [1.82, 2.24) is 5.32 Å². The number of carbonyl (C=O) groups excluding carboxylic acids is 1. The molecule has 1 aromatic heterocycles. The van der Waals surface area contributed by atoms with Crippen molar-refractivity contribution in [3.8, 4) is 0 Å². The van der Waals surface area contributed by atoms with Gasteiger partial charge >= 0.3 is 0 Å². The van der Waals surface area contributed by atoms with Crippen LogP contribution in [0.2, 0.25) is 0 Å². The van der Waals surface area contributed by atoms with E-state index >= 15 is 0 Å². The SMILES string of the molecule is Cc1ccoc1C(=O)NC/C=C/CCl. The van der Waals surface area contributed by atoms with Gasteiger partial charge in [-0.3, -0.25) is 4.79 Å². The van der Waals surface area contributed by atoms with Crippen LogP contribution in [0.1, 0.15) is 16.1 Å². The lowest BCUT2D eigenvalue weighted by Gasteiger charge is -1.99. The third-order valence-corrected chi connectivity index (χ3v) is 1.88. The lowest BCUT2D eigenvalue weighted by atomic mass is 10.3. The van der Waals surface area contributed by atoms with E-state index in [1.165, 1.54) is 6.26 Å². The molecule has 0 saturated heterocycles. The van der Waals surface area contributed by atoms with Crippen LogP contribution in [0.15, 0.2) is 28.9 Å². The fourth-order valence-electron chi connectivity index (χ4n) is 0.984. The molecule has 0 bridgehead atoms. The Morgan fingerprint density at radius 3 is 3.00 bits per heavy atom. The summed E-state index contributed by atoms with van der Waals surface area (Å²) in [5.41, 5.74) is 0.837. The molecule has 1 N–H and O–H groups in total. The molecule has 0 spiro atoms.